The van der Waals surface area contributed by atoms with Gasteiger partial charge in [-0.3, -0.25) is 0 Å². The Morgan fingerprint density at radius 2 is 1.81 bits per heavy atom. The van der Waals surface area contributed by atoms with E-state index in [9.17, 15) is 5.11 Å². The molecule has 0 saturated heterocycles. The summed E-state index contributed by atoms with van der Waals surface area (Å²) in [6.45, 7) is 0. The number of benzene rings is 1. The summed E-state index contributed by atoms with van der Waals surface area (Å²) in [6.07, 6.45) is -0.418. The first-order valence-corrected chi connectivity index (χ1v) is 14.8. The molecule has 0 aromatic heterocycles. The van der Waals surface area contributed by atoms with Crippen LogP contribution in [0.5, 0.6) is 0 Å². The second-order valence-corrected chi connectivity index (χ2v) is 19.6. The first-order valence-electron chi connectivity index (χ1n) is 4.39. The Labute approximate surface area is 115 Å². The van der Waals surface area contributed by atoms with Crippen molar-refractivity contribution < 1.29 is 5.11 Å². The molecule has 0 spiro atoms. The molecule has 1 unspecified atom stereocenters. The van der Waals surface area contributed by atoms with Crippen molar-refractivity contribution in [3.05, 3.63) is 45.1 Å². The van der Waals surface area contributed by atoms with Crippen molar-refractivity contribution in [2.75, 3.05) is 0 Å². The molecule has 0 bridgehead atoms. The summed E-state index contributed by atoms with van der Waals surface area (Å²) in [6, 6.07) is 9.21. The van der Waals surface area contributed by atoms with E-state index in [4.69, 9.17) is 38.5 Å². The number of rotatable bonds is 4. The number of halogens is 4. The van der Waals surface area contributed by atoms with Crippen molar-refractivity contribution in [1.82, 2.24) is 0 Å². The van der Waals surface area contributed by atoms with Crippen LogP contribution < -0.4 is 0 Å². The van der Waals surface area contributed by atoms with Crippen LogP contribution in [0.25, 0.3) is 0 Å². The van der Waals surface area contributed by atoms with Gasteiger partial charge in [0.25, 0.3) is 0 Å². The zero-order valence-corrected chi connectivity index (χ0v) is 13.5. The second kappa shape index (κ2) is 6.71. The summed E-state index contributed by atoms with van der Waals surface area (Å²) in [7, 11) is 17.7. The molecule has 0 saturated carbocycles. The Kier molecular flexibility index (Phi) is 6.26. The molecule has 0 aliphatic rings. The molecule has 0 heterocycles. The molecular formula is C10H10Cl4OTe. The molecule has 1 atom stereocenters. The molecule has 1 aromatic carbocycles. The minimum atomic E-state index is -3.52. The van der Waals surface area contributed by atoms with Gasteiger partial charge in [-0.2, -0.15) is 0 Å². The fourth-order valence-corrected chi connectivity index (χ4v) is 6.52. The van der Waals surface area contributed by atoms with Crippen molar-refractivity contribution in [3.8, 4) is 0 Å². The summed E-state index contributed by atoms with van der Waals surface area (Å²) >= 11 is 2.09. The van der Waals surface area contributed by atoms with Crippen LogP contribution >= 0.6 is 38.5 Å². The van der Waals surface area contributed by atoms with Crippen LogP contribution in [0.2, 0.25) is 0 Å². The first-order chi connectivity index (χ1) is 7.45. The summed E-state index contributed by atoms with van der Waals surface area (Å²) in [5, 5.41) is 9.94. The molecule has 1 N–H and O–H groups in total. The summed E-state index contributed by atoms with van der Waals surface area (Å²) in [4.78, 5) is 0. The third kappa shape index (κ3) is 4.62. The average molecular weight is 416 g/mol. The standard InChI is InChI=1S/C10H10Cl4OTe/c11-7-9(16(12,13)14)6-10(15)8-4-2-1-3-5-8/h1-5,7,10,15H,6H2/b9-7+. The Morgan fingerprint density at radius 3 is 2.25 bits per heavy atom. The SMILES string of the molecule is OC(C/C(=C\Cl)[Te](Cl)(Cl)Cl)c1ccccc1. The maximum atomic E-state index is 9.94. The zero-order valence-electron chi connectivity index (χ0n) is 8.12. The molecule has 0 fully saturated rings. The van der Waals surface area contributed by atoms with Crippen LogP contribution in [-0.2, 0) is 0 Å². The van der Waals surface area contributed by atoms with Gasteiger partial charge in [0.15, 0.2) is 0 Å². The third-order valence-electron chi connectivity index (χ3n) is 2.00. The van der Waals surface area contributed by atoms with Gasteiger partial charge in [0.2, 0.25) is 0 Å². The predicted octanol–water partition coefficient (Wildman–Crippen LogP) is 4.43. The number of aliphatic hydroxyl groups excluding tert-OH is 1. The Balaban J connectivity index is 2.75. The monoisotopic (exact) mass is 416 g/mol. The molecular weight excluding hydrogens is 406 g/mol. The normalized spacial score (nSPS) is 15.9. The third-order valence-corrected chi connectivity index (χ3v) is 9.17. The Hall–Kier alpha value is 0.870. The fraction of sp³-hybridized carbons (Fsp3) is 0.200. The van der Waals surface area contributed by atoms with Gasteiger partial charge in [-0.25, -0.2) is 0 Å². The van der Waals surface area contributed by atoms with Crippen molar-refractivity contribution >= 4 is 53.3 Å². The molecule has 1 nitrogen and oxygen atoms in total. The van der Waals surface area contributed by atoms with Gasteiger partial charge in [0, 0.05) is 0 Å². The van der Waals surface area contributed by atoms with Crippen molar-refractivity contribution in [1.29, 1.82) is 0 Å². The molecule has 0 aliphatic carbocycles. The van der Waals surface area contributed by atoms with Gasteiger partial charge in [0.05, 0.1) is 0 Å². The van der Waals surface area contributed by atoms with E-state index in [1.165, 1.54) is 5.54 Å². The van der Waals surface area contributed by atoms with Crippen LogP contribution in [-0.4, -0.2) is 19.9 Å². The van der Waals surface area contributed by atoms with Crippen LogP contribution in [0.4, 0.5) is 0 Å². The maximum absolute atomic E-state index is 9.94. The topological polar surface area (TPSA) is 20.2 Å². The summed E-state index contributed by atoms with van der Waals surface area (Å²) in [5.74, 6) is 0. The second-order valence-electron chi connectivity index (χ2n) is 3.11. The van der Waals surface area contributed by atoms with Crippen LogP contribution in [0.1, 0.15) is 18.1 Å². The summed E-state index contributed by atoms with van der Waals surface area (Å²) < 4.78 is 0.547. The van der Waals surface area contributed by atoms with Crippen LogP contribution in [0.15, 0.2) is 39.5 Å². The molecule has 0 radical (unpaired) electrons. The van der Waals surface area contributed by atoms with Gasteiger partial charge in [-0.1, -0.05) is 0 Å². The van der Waals surface area contributed by atoms with Crippen molar-refractivity contribution in [2.24, 2.45) is 0 Å². The summed E-state index contributed by atoms with van der Waals surface area (Å²) in [5.41, 5.74) is 2.07. The van der Waals surface area contributed by atoms with Gasteiger partial charge < -0.3 is 0 Å². The van der Waals surface area contributed by atoms with E-state index >= 15 is 0 Å². The van der Waals surface area contributed by atoms with Crippen molar-refractivity contribution in [3.63, 3.8) is 0 Å². The number of aliphatic hydroxyl groups is 1. The van der Waals surface area contributed by atoms with E-state index in [-0.39, 0.29) is 6.42 Å². The molecule has 1 rings (SSSR count). The Morgan fingerprint density at radius 1 is 1.25 bits per heavy atom. The average Bonchev–Trinajstić information content (AvgIpc) is 2.25. The Bertz CT molecular complexity index is 361. The van der Waals surface area contributed by atoms with Gasteiger partial charge >= 0.3 is 116 Å². The van der Waals surface area contributed by atoms with Crippen LogP contribution in [0, 0.1) is 0 Å². The van der Waals surface area contributed by atoms with Crippen molar-refractivity contribution in [2.45, 2.75) is 12.5 Å². The van der Waals surface area contributed by atoms with E-state index in [1.807, 2.05) is 30.3 Å². The fourth-order valence-electron chi connectivity index (χ4n) is 1.17. The van der Waals surface area contributed by atoms with E-state index < -0.39 is 20.9 Å². The molecule has 1 aromatic rings. The van der Waals surface area contributed by atoms with Crippen LogP contribution in [0.3, 0.4) is 0 Å². The van der Waals surface area contributed by atoms with E-state index in [0.717, 1.165) is 5.56 Å². The molecule has 6 heteroatoms. The number of hydrogen-bond acceptors (Lipinski definition) is 1. The van der Waals surface area contributed by atoms with E-state index in [1.54, 1.807) is 0 Å². The predicted molar refractivity (Wildman–Crippen MR) is 73.3 cm³/mol. The number of hydrogen-bond donors (Lipinski definition) is 1. The molecule has 90 valence electrons. The molecule has 16 heavy (non-hydrogen) atoms. The zero-order chi connectivity index (χ0) is 12.2. The molecule has 0 aliphatic heterocycles. The van der Waals surface area contributed by atoms with E-state index in [0.29, 0.717) is 3.62 Å². The van der Waals surface area contributed by atoms with Gasteiger partial charge in [-0.05, 0) is 0 Å². The quantitative estimate of drug-likeness (QED) is 0.722. The minimum absolute atomic E-state index is 0.269. The molecule has 0 amide bonds. The van der Waals surface area contributed by atoms with Gasteiger partial charge in [-0.15, -0.1) is 0 Å². The first kappa shape index (κ1) is 14.9. The van der Waals surface area contributed by atoms with E-state index in [2.05, 4.69) is 0 Å². The van der Waals surface area contributed by atoms with Gasteiger partial charge in [0.1, 0.15) is 0 Å².